The quantitative estimate of drug-likeness (QED) is 0.799. The minimum Gasteiger partial charge on any atom is -0.360 e. The Balaban J connectivity index is 1.34. The third-order valence-electron chi connectivity index (χ3n) is 5.51. The zero-order valence-electron chi connectivity index (χ0n) is 15.6. The molecule has 5 nitrogen and oxygen atoms in total. The molecule has 2 fully saturated rings. The average Bonchev–Trinajstić information content (AvgIpc) is 3.37. The van der Waals surface area contributed by atoms with Crippen LogP contribution in [-0.2, 0) is 17.5 Å². The molecule has 1 aliphatic carbocycles. The standard InChI is InChI=1S/C20H22F3N3O2/c1-13-10-14(28-24-13)12-25-6-8-26(9-7-25)19(27)17-11-16(17)15-4-2-3-5-18(15)20(21,22)23/h2-5,10,16-17H,6-9,11-12H2,1H3. The van der Waals surface area contributed by atoms with Crippen molar-refractivity contribution in [3.05, 3.63) is 52.9 Å². The summed E-state index contributed by atoms with van der Waals surface area (Å²) in [6, 6.07) is 7.48. The van der Waals surface area contributed by atoms with Crippen LogP contribution in [0.3, 0.4) is 0 Å². The van der Waals surface area contributed by atoms with E-state index in [1.54, 1.807) is 11.0 Å². The molecular weight excluding hydrogens is 371 g/mol. The predicted octanol–water partition coefficient (Wildman–Crippen LogP) is 3.45. The van der Waals surface area contributed by atoms with Gasteiger partial charge in [-0.2, -0.15) is 13.2 Å². The van der Waals surface area contributed by atoms with Gasteiger partial charge in [-0.05, 0) is 30.9 Å². The Hall–Kier alpha value is -2.35. The number of carbonyl (C=O) groups excluding carboxylic acids is 1. The molecule has 4 rings (SSSR count). The van der Waals surface area contributed by atoms with Gasteiger partial charge in [-0.3, -0.25) is 9.69 Å². The second-order valence-electron chi connectivity index (χ2n) is 7.57. The van der Waals surface area contributed by atoms with Crippen molar-refractivity contribution in [2.75, 3.05) is 26.2 Å². The van der Waals surface area contributed by atoms with E-state index in [1.807, 2.05) is 13.0 Å². The smallest absolute Gasteiger partial charge is 0.360 e. The van der Waals surface area contributed by atoms with Crippen molar-refractivity contribution in [3.8, 4) is 0 Å². The number of hydrogen-bond acceptors (Lipinski definition) is 4. The second-order valence-corrected chi connectivity index (χ2v) is 7.57. The topological polar surface area (TPSA) is 49.6 Å². The molecule has 1 aromatic heterocycles. The zero-order chi connectivity index (χ0) is 19.9. The Morgan fingerprint density at radius 1 is 1.21 bits per heavy atom. The van der Waals surface area contributed by atoms with Gasteiger partial charge in [-0.15, -0.1) is 0 Å². The SMILES string of the molecule is Cc1cc(CN2CCN(C(=O)C3CC3c3ccccc3C(F)(F)F)CC2)on1. The van der Waals surface area contributed by atoms with Gasteiger partial charge in [0.1, 0.15) is 0 Å². The first-order valence-electron chi connectivity index (χ1n) is 9.42. The van der Waals surface area contributed by atoms with Crippen molar-refractivity contribution in [1.29, 1.82) is 0 Å². The van der Waals surface area contributed by atoms with Crippen LogP contribution in [0.1, 0.15) is 34.9 Å². The first kappa shape index (κ1) is 19.0. The summed E-state index contributed by atoms with van der Waals surface area (Å²) < 4.78 is 44.9. The molecule has 2 unspecified atom stereocenters. The zero-order valence-corrected chi connectivity index (χ0v) is 15.6. The number of amides is 1. The lowest BCUT2D eigenvalue weighted by Gasteiger charge is -2.34. The number of benzene rings is 1. The van der Waals surface area contributed by atoms with Crippen molar-refractivity contribution >= 4 is 5.91 Å². The molecule has 2 aliphatic rings. The molecule has 0 bridgehead atoms. The van der Waals surface area contributed by atoms with Crippen LogP contribution in [0.25, 0.3) is 0 Å². The molecule has 1 aromatic carbocycles. The minimum atomic E-state index is -4.39. The number of aryl methyl sites for hydroxylation is 1. The van der Waals surface area contributed by atoms with E-state index in [-0.39, 0.29) is 23.3 Å². The molecule has 1 saturated carbocycles. The van der Waals surface area contributed by atoms with Gasteiger partial charge >= 0.3 is 6.18 Å². The Morgan fingerprint density at radius 3 is 2.57 bits per heavy atom. The number of nitrogens with zero attached hydrogens (tertiary/aromatic N) is 3. The van der Waals surface area contributed by atoms with E-state index in [0.29, 0.717) is 39.1 Å². The van der Waals surface area contributed by atoms with E-state index >= 15 is 0 Å². The van der Waals surface area contributed by atoms with Crippen LogP contribution in [-0.4, -0.2) is 47.0 Å². The molecule has 8 heteroatoms. The van der Waals surface area contributed by atoms with Crippen LogP contribution < -0.4 is 0 Å². The van der Waals surface area contributed by atoms with Crippen LogP contribution in [0.4, 0.5) is 13.2 Å². The summed E-state index contributed by atoms with van der Waals surface area (Å²) in [6.07, 6.45) is -3.90. The third-order valence-corrected chi connectivity index (χ3v) is 5.51. The lowest BCUT2D eigenvalue weighted by molar-refractivity contribution is -0.139. The molecule has 1 saturated heterocycles. The van der Waals surface area contributed by atoms with Crippen molar-refractivity contribution in [1.82, 2.24) is 15.0 Å². The van der Waals surface area contributed by atoms with Crippen LogP contribution in [0.5, 0.6) is 0 Å². The largest absolute Gasteiger partial charge is 0.416 e. The van der Waals surface area contributed by atoms with Crippen molar-refractivity contribution in [2.24, 2.45) is 5.92 Å². The summed E-state index contributed by atoms with van der Waals surface area (Å²) in [5.74, 6) is 0.0907. The monoisotopic (exact) mass is 393 g/mol. The molecule has 2 aromatic rings. The Labute approximate surface area is 161 Å². The molecule has 28 heavy (non-hydrogen) atoms. The molecule has 0 radical (unpaired) electrons. The number of alkyl halides is 3. The summed E-state index contributed by atoms with van der Waals surface area (Å²) in [6.45, 7) is 5.09. The highest BCUT2D eigenvalue weighted by Crippen LogP contribution is 2.51. The number of hydrogen-bond donors (Lipinski definition) is 0. The fourth-order valence-corrected chi connectivity index (χ4v) is 3.96. The average molecular weight is 393 g/mol. The number of piperazine rings is 1. The molecule has 2 atom stereocenters. The first-order valence-corrected chi connectivity index (χ1v) is 9.42. The van der Waals surface area contributed by atoms with E-state index in [0.717, 1.165) is 17.5 Å². The van der Waals surface area contributed by atoms with E-state index < -0.39 is 11.7 Å². The second kappa shape index (κ2) is 7.24. The van der Waals surface area contributed by atoms with Crippen LogP contribution in [0, 0.1) is 12.8 Å². The van der Waals surface area contributed by atoms with Crippen molar-refractivity contribution in [2.45, 2.75) is 32.0 Å². The summed E-state index contributed by atoms with van der Waals surface area (Å²) in [7, 11) is 0. The number of aromatic nitrogens is 1. The van der Waals surface area contributed by atoms with Gasteiger partial charge in [0.25, 0.3) is 0 Å². The van der Waals surface area contributed by atoms with Gasteiger partial charge in [0.15, 0.2) is 5.76 Å². The molecular formula is C20H22F3N3O2. The highest BCUT2D eigenvalue weighted by atomic mass is 19.4. The van der Waals surface area contributed by atoms with E-state index in [2.05, 4.69) is 10.1 Å². The molecule has 150 valence electrons. The van der Waals surface area contributed by atoms with Gasteiger partial charge in [0, 0.05) is 38.2 Å². The highest BCUT2D eigenvalue weighted by Gasteiger charge is 2.49. The van der Waals surface area contributed by atoms with Gasteiger partial charge in [0.05, 0.1) is 17.8 Å². The molecule has 0 spiro atoms. The fraction of sp³-hybridized carbons (Fsp3) is 0.500. The van der Waals surface area contributed by atoms with E-state index in [4.69, 9.17) is 4.52 Å². The first-order chi connectivity index (χ1) is 13.3. The molecule has 1 amide bonds. The summed E-state index contributed by atoms with van der Waals surface area (Å²) in [5.41, 5.74) is 0.456. The van der Waals surface area contributed by atoms with Crippen molar-refractivity contribution < 1.29 is 22.5 Å². The maximum atomic E-state index is 13.2. The highest BCUT2D eigenvalue weighted by molar-refractivity contribution is 5.83. The number of rotatable bonds is 4. The summed E-state index contributed by atoms with van der Waals surface area (Å²) in [5, 5.41) is 3.87. The lowest BCUT2D eigenvalue weighted by atomic mass is 10.0. The lowest BCUT2D eigenvalue weighted by Crippen LogP contribution is -2.48. The minimum absolute atomic E-state index is 0.0304. The fourth-order valence-electron chi connectivity index (χ4n) is 3.96. The van der Waals surface area contributed by atoms with Gasteiger partial charge in [0.2, 0.25) is 5.91 Å². The number of halogens is 3. The van der Waals surface area contributed by atoms with Crippen LogP contribution >= 0.6 is 0 Å². The molecule has 1 aliphatic heterocycles. The van der Waals surface area contributed by atoms with Crippen LogP contribution in [0.15, 0.2) is 34.9 Å². The third kappa shape index (κ3) is 3.92. The number of carbonyl (C=O) groups is 1. The predicted molar refractivity (Wildman–Crippen MR) is 95.4 cm³/mol. The summed E-state index contributed by atoms with van der Waals surface area (Å²) >= 11 is 0. The maximum Gasteiger partial charge on any atom is 0.416 e. The Bertz CT molecular complexity index is 856. The Morgan fingerprint density at radius 2 is 1.93 bits per heavy atom. The molecule has 0 N–H and O–H groups in total. The Kier molecular flexibility index (Phi) is 4.91. The molecule has 2 heterocycles. The van der Waals surface area contributed by atoms with E-state index in [1.165, 1.54) is 12.1 Å². The maximum absolute atomic E-state index is 13.2. The van der Waals surface area contributed by atoms with Gasteiger partial charge in [-0.25, -0.2) is 0 Å². The normalized spacial score (nSPS) is 23.1. The summed E-state index contributed by atoms with van der Waals surface area (Å²) in [4.78, 5) is 16.7. The van der Waals surface area contributed by atoms with Crippen LogP contribution in [0.2, 0.25) is 0 Å². The van der Waals surface area contributed by atoms with E-state index in [9.17, 15) is 18.0 Å². The van der Waals surface area contributed by atoms with Crippen molar-refractivity contribution in [3.63, 3.8) is 0 Å². The van der Waals surface area contributed by atoms with Gasteiger partial charge in [-0.1, -0.05) is 23.4 Å². The van der Waals surface area contributed by atoms with Gasteiger partial charge < -0.3 is 9.42 Å².